The molecule has 1 heterocycles. The summed E-state index contributed by atoms with van der Waals surface area (Å²) in [6.07, 6.45) is 2.98. The number of rotatable bonds is 9. The molecule has 166 valence electrons. The van der Waals surface area contributed by atoms with Gasteiger partial charge in [0.05, 0.1) is 0 Å². The van der Waals surface area contributed by atoms with Crippen LogP contribution in [-0.2, 0) is 16.1 Å². The number of carbonyl (C=O) groups is 1. The molecule has 31 heavy (non-hydrogen) atoms. The lowest BCUT2D eigenvalue weighted by atomic mass is 10.1. The number of hydrogen-bond acceptors (Lipinski definition) is 4. The minimum atomic E-state index is -0.247. The molecule has 0 spiro atoms. The average molecular weight is 427 g/mol. The first-order chi connectivity index (χ1) is 15.1. The fraction of sp³-hybridized carbons (Fsp3) is 0.480. The van der Waals surface area contributed by atoms with E-state index in [2.05, 4.69) is 17.3 Å². The Kier molecular flexibility index (Phi) is 7.20. The first-order valence-corrected chi connectivity index (χ1v) is 11.1. The maximum absolute atomic E-state index is 13.1. The quantitative estimate of drug-likeness (QED) is 0.664. The van der Waals surface area contributed by atoms with Gasteiger partial charge in [0, 0.05) is 38.3 Å². The van der Waals surface area contributed by atoms with Crippen LogP contribution in [-0.4, -0.2) is 50.3 Å². The lowest BCUT2D eigenvalue weighted by Gasteiger charge is -2.31. The van der Waals surface area contributed by atoms with Crippen LogP contribution in [0.4, 0.5) is 4.39 Å². The number of hydrogen-bond donors (Lipinski definition) is 1. The summed E-state index contributed by atoms with van der Waals surface area (Å²) >= 11 is 0. The molecule has 2 fully saturated rings. The molecule has 0 radical (unpaired) electrons. The highest BCUT2D eigenvalue weighted by molar-refractivity contribution is 5.82. The summed E-state index contributed by atoms with van der Waals surface area (Å²) < 4.78 is 24.4. The summed E-state index contributed by atoms with van der Waals surface area (Å²) in [6, 6.07) is 14.9. The van der Waals surface area contributed by atoms with Crippen molar-refractivity contribution in [2.75, 3.05) is 33.4 Å². The molecular formula is C25H31FN2O3. The minimum absolute atomic E-state index is 0.0226. The van der Waals surface area contributed by atoms with Crippen LogP contribution >= 0.6 is 0 Å². The lowest BCUT2D eigenvalue weighted by Crippen LogP contribution is -2.38. The van der Waals surface area contributed by atoms with Gasteiger partial charge in [-0.15, -0.1) is 0 Å². The number of amides is 1. The highest BCUT2D eigenvalue weighted by Crippen LogP contribution is 2.47. The molecule has 1 N–H and O–H groups in total. The van der Waals surface area contributed by atoms with Crippen molar-refractivity contribution in [1.82, 2.24) is 10.2 Å². The average Bonchev–Trinajstić information content (AvgIpc) is 3.60. The maximum atomic E-state index is 13.1. The fourth-order valence-electron chi connectivity index (χ4n) is 4.24. The van der Waals surface area contributed by atoms with E-state index in [1.165, 1.54) is 12.1 Å². The number of halogens is 1. The van der Waals surface area contributed by atoms with Gasteiger partial charge < -0.3 is 14.8 Å². The molecule has 1 aliphatic carbocycles. The van der Waals surface area contributed by atoms with Crippen LogP contribution in [0.1, 0.15) is 36.3 Å². The molecule has 6 heteroatoms. The van der Waals surface area contributed by atoms with Crippen molar-refractivity contribution in [2.24, 2.45) is 5.92 Å². The predicted octanol–water partition coefficient (Wildman–Crippen LogP) is 3.74. The van der Waals surface area contributed by atoms with E-state index in [1.807, 2.05) is 24.3 Å². The van der Waals surface area contributed by atoms with Crippen LogP contribution in [0.2, 0.25) is 0 Å². The molecule has 2 aromatic rings. The number of carbonyl (C=O) groups excluding carboxylic acids is 1. The summed E-state index contributed by atoms with van der Waals surface area (Å²) in [7, 11) is 2.14. The van der Waals surface area contributed by atoms with E-state index in [9.17, 15) is 9.18 Å². The van der Waals surface area contributed by atoms with Crippen molar-refractivity contribution in [2.45, 2.75) is 37.8 Å². The molecule has 5 nitrogen and oxygen atoms in total. The first-order valence-electron chi connectivity index (χ1n) is 11.1. The fourth-order valence-corrected chi connectivity index (χ4v) is 4.24. The van der Waals surface area contributed by atoms with E-state index in [0.29, 0.717) is 19.2 Å². The van der Waals surface area contributed by atoms with Crippen LogP contribution in [0.3, 0.4) is 0 Å². The Morgan fingerprint density at radius 2 is 1.97 bits per heavy atom. The maximum Gasteiger partial charge on any atom is 0.224 e. The molecule has 0 bridgehead atoms. The highest BCUT2D eigenvalue weighted by atomic mass is 19.1. The van der Waals surface area contributed by atoms with Crippen LogP contribution < -0.4 is 10.1 Å². The third-order valence-corrected chi connectivity index (χ3v) is 6.32. The van der Waals surface area contributed by atoms with Gasteiger partial charge >= 0.3 is 0 Å². The van der Waals surface area contributed by atoms with Gasteiger partial charge in [-0.1, -0.05) is 24.3 Å². The van der Waals surface area contributed by atoms with E-state index in [-0.39, 0.29) is 23.6 Å². The number of ether oxygens (including phenoxy) is 2. The summed E-state index contributed by atoms with van der Waals surface area (Å²) in [5.41, 5.74) is 2.05. The van der Waals surface area contributed by atoms with Crippen molar-refractivity contribution in [1.29, 1.82) is 0 Å². The van der Waals surface area contributed by atoms with Gasteiger partial charge in [-0.3, -0.25) is 9.69 Å². The van der Waals surface area contributed by atoms with Gasteiger partial charge in [-0.05, 0) is 67.6 Å². The Morgan fingerprint density at radius 1 is 1.19 bits per heavy atom. The van der Waals surface area contributed by atoms with Gasteiger partial charge in [-0.2, -0.15) is 0 Å². The second-order valence-electron chi connectivity index (χ2n) is 8.54. The molecule has 1 aliphatic heterocycles. The zero-order valence-electron chi connectivity index (χ0n) is 18.1. The second-order valence-corrected chi connectivity index (χ2v) is 8.54. The molecule has 1 saturated heterocycles. The lowest BCUT2D eigenvalue weighted by molar-refractivity contribution is -0.122. The predicted molar refractivity (Wildman–Crippen MR) is 118 cm³/mol. The molecule has 1 saturated carbocycles. The van der Waals surface area contributed by atoms with E-state index in [1.54, 1.807) is 12.1 Å². The zero-order chi connectivity index (χ0) is 21.6. The van der Waals surface area contributed by atoms with Gasteiger partial charge in [-0.25, -0.2) is 4.39 Å². The van der Waals surface area contributed by atoms with Crippen LogP contribution in [0.15, 0.2) is 48.5 Å². The van der Waals surface area contributed by atoms with Crippen molar-refractivity contribution in [3.63, 3.8) is 0 Å². The molecule has 4 rings (SSSR count). The second kappa shape index (κ2) is 10.2. The van der Waals surface area contributed by atoms with Gasteiger partial charge in [0.2, 0.25) is 5.91 Å². The Bertz CT molecular complexity index is 867. The molecule has 0 aromatic heterocycles. The summed E-state index contributed by atoms with van der Waals surface area (Å²) in [6.45, 7) is 3.66. The molecular weight excluding hydrogens is 395 g/mol. The van der Waals surface area contributed by atoms with Crippen molar-refractivity contribution < 1.29 is 18.7 Å². The van der Waals surface area contributed by atoms with Crippen molar-refractivity contribution >= 4 is 5.91 Å². The number of nitrogens with one attached hydrogen (secondary N) is 1. The third-order valence-electron chi connectivity index (χ3n) is 6.32. The molecule has 2 aliphatic rings. The molecule has 2 aromatic carbocycles. The Morgan fingerprint density at radius 3 is 2.74 bits per heavy atom. The standard InChI is InChI=1S/C25H31FN2O3/c1-28(21-9-12-30-13-10-21)11-14-31-22-4-2-3-18(15-22)17-27-25(29)24-16-23(24)19-5-7-20(26)8-6-19/h2-8,15,21,23-24H,9-14,16-17H2,1H3,(H,27,29). The largest absolute Gasteiger partial charge is 0.492 e. The summed E-state index contributed by atoms with van der Waals surface area (Å²) in [5.74, 6) is 0.804. The monoisotopic (exact) mass is 426 g/mol. The molecule has 2 atom stereocenters. The topological polar surface area (TPSA) is 50.8 Å². The molecule has 2 unspecified atom stereocenters. The summed E-state index contributed by atoms with van der Waals surface area (Å²) in [5, 5.41) is 3.03. The van der Waals surface area contributed by atoms with Gasteiger partial charge in [0.25, 0.3) is 0 Å². The number of likely N-dealkylation sites (N-methyl/N-ethyl adjacent to an activating group) is 1. The van der Waals surface area contributed by atoms with Crippen LogP contribution in [0, 0.1) is 11.7 Å². The smallest absolute Gasteiger partial charge is 0.224 e. The van der Waals surface area contributed by atoms with Crippen molar-refractivity contribution in [3.8, 4) is 5.75 Å². The van der Waals surface area contributed by atoms with Gasteiger partial charge in [0.1, 0.15) is 18.2 Å². The van der Waals surface area contributed by atoms with E-state index >= 15 is 0 Å². The SMILES string of the molecule is CN(CCOc1cccc(CNC(=O)C2CC2c2ccc(F)cc2)c1)C1CCOCC1. The normalized spacial score (nSPS) is 21.1. The summed E-state index contributed by atoms with van der Waals surface area (Å²) in [4.78, 5) is 14.8. The Balaban J connectivity index is 1.20. The zero-order valence-corrected chi connectivity index (χ0v) is 18.1. The Hall–Kier alpha value is -2.44. The van der Waals surface area contributed by atoms with Crippen LogP contribution in [0.25, 0.3) is 0 Å². The number of nitrogens with zero attached hydrogens (tertiary/aromatic N) is 1. The van der Waals surface area contributed by atoms with E-state index in [0.717, 1.165) is 55.9 Å². The van der Waals surface area contributed by atoms with Gasteiger partial charge in [0.15, 0.2) is 0 Å². The number of benzene rings is 2. The highest BCUT2D eigenvalue weighted by Gasteiger charge is 2.43. The Labute approximate surface area is 183 Å². The molecule has 1 amide bonds. The minimum Gasteiger partial charge on any atom is -0.492 e. The first kappa shape index (κ1) is 21.8. The van der Waals surface area contributed by atoms with Crippen LogP contribution in [0.5, 0.6) is 5.75 Å². The van der Waals surface area contributed by atoms with Crippen molar-refractivity contribution in [3.05, 3.63) is 65.5 Å². The van der Waals surface area contributed by atoms with E-state index < -0.39 is 0 Å². The third kappa shape index (κ3) is 6.05. The van der Waals surface area contributed by atoms with E-state index in [4.69, 9.17) is 9.47 Å².